The molecule has 0 fully saturated rings. The number of ether oxygens (including phenoxy) is 2. The van der Waals surface area contributed by atoms with Crippen LogP contribution in [0.15, 0.2) is 48.5 Å². The van der Waals surface area contributed by atoms with Crippen molar-refractivity contribution in [2.45, 2.75) is 71.6 Å². The Balaban J connectivity index is 1.68. The molecule has 0 bridgehead atoms. The third-order valence-electron chi connectivity index (χ3n) is 5.26. The van der Waals surface area contributed by atoms with E-state index in [1.165, 1.54) is 44.1 Å². The smallest absolute Gasteiger partial charge is 0.338 e. The van der Waals surface area contributed by atoms with Crippen molar-refractivity contribution in [2.75, 3.05) is 13.2 Å². The lowest BCUT2D eigenvalue weighted by Gasteiger charge is -2.08. The number of ketones is 1. The number of hydrogen-bond acceptors (Lipinski definition) is 4. The SMILES string of the molecule is CCCCCCCCCOc1ccc(C(=O)COC(=O)c2ccc(CCC)cc2)cc1. The molecule has 0 aliphatic carbocycles. The summed E-state index contributed by atoms with van der Waals surface area (Å²) in [6.07, 6.45) is 10.8. The van der Waals surface area contributed by atoms with Gasteiger partial charge in [0.05, 0.1) is 12.2 Å². The first-order valence-electron chi connectivity index (χ1n) is 11.7. The largest absolute Gasteiger partial charge is 0.494 e. The van der Waals surface area contributed by atoms with Gasteiger partial charge in [-0.05, 0) is 54.8 Å². The minimum Gasteiger partial charge on any atom is -0.494 e. The molecule has 0 aliphatic heterocycles. The van der Waals surface area contributed by atoms with Crippen LogP contribution in [0.2, 0.25) is 0 Å². The van der Waals surface area contributed by atoms with Crippen LogP contribution in [0.5, 0.6) is 5.75 Å². The zero-order valence-corrected chi connectivity index (χ0v) is 19.0. The monoisotopic (exact) mass is 424 g/mol. The Labute approximate surface area is 187 Å². The first-order chi connectivity index (χ1) is 15.1. The van der Waals surface area contributed by atoms with E-state index in [2.05, 4.69) is 13.8 Å². The second-order valence-corrected chi connectivity index (χ2v) is 7.94. The van der Waals surface area contributed by atoms with Crippen LogP contribution < -0.4 is 4.74 Å². The highest BCUT2D eigenvalue weighted by atomic mass is 16.5. The molecule has 168 valence electrons. The molecule has 4 nitrogen and oxygen atoms in total. The molecule has 0 aliphatic rings. The zero-order valence-electron chi connectivity index (χ0n) is 19.0. The van der Waals surface area contributed by atoms with Crippen molar-refractivity contribution in [1.82, 2.24) is 0 Å². The van der Waals surface area contributed by atoms with Gasteiger partial charge in [-0.1, -0.05) is 70.9 Å². The van der Waals surface area contributed by atoms with Gasteiger partial charge in [0.15, 0.2) is 12.4 Å². The summed E-state index contributed by atoms with van der Waals surface area (Å²) in [7, 11) is 0. The molecule has 2 aromatic carbocycles. The van der Waals surface area contributed by atoms with E-state index < -0.39 is 5.97 Å². The molecule has 0 aromatic heterocycles. The number of benzene rings is 2. The molecular formula is C27H36O4. The van der Waals surface area contributed by atoms with Crippen LogP contribution in [-0.4, -0.2) is 25.0 Å². The van der Waals surface area contributed by atoms with Crippen LogP contribution >= 0.6 is 0 Å². The number of esters is 1. The molecule has 4 heteroatoms. The Kier molecular flexibility index (Phi) is 11.4. The van der Waals surface area contributed by atoms with E-state index in [0.717, 1.165) is 25.0 Å². The van der Waals surface area contributed by atoms with E-state index in [1.807, 2.05) is 12.1 Å². The second kappa shape index (κ2) is 14.4. The number of carbonyl (C=O) groups excluding carboxylic acids is 2. The number of unbranched alkanes of at least 4 members (excludes halogenated alkanes) is 6. The van der Waals surface area contributed by atoms with Gasteiger partial charge in [-0.15, -0.1) is 0 Å². The highest BCUT2D eigenvalue weighted by molar-refractivity contribution is 5.99. The molecule has 0 spiro atoms. The van der Waals surface area contributed by atoms with E-state index in [9.17, 15) is 9.59 Å². The van der Waals surface area contributed by atoms with Crippen LogP contribution in [0.25, 0.3) is 0 Å². The fraction of sp³-hybridized carbons (Fsp3) is 0.481. The second-order valence-electron chi connectivity index (χ2n) is 7.94. The molecule has 2 aromatic rings. The lowest BCUT2D eigenvalue weighted by Crippen LogP contribution is -2.14. The third kappa shape index (κ3) is 9.37. The van der Waals surface area contributed by atoms with E-state index in [1.54, 1.807) is 36.4 Å². The lowest BCUT2D eigenvalue weighted by molar-refractivity contribution is 0.0474. The highest BCUT2D eigenvalue weighted by Crippen LogP contribution is 2.15. The van der Waals surface area contributed by atoms with Crippen molar-refractivity contribution in [1.29, 1.82) is 0 Å². The predicted molar refractivity (Wildman–Crippen MR) is 125 cm³/mol. The van der Waals surface area contributed by atoms with Crippen LogP contribution in [0.3, 0.4) is 0 Å². The summed E-state index contributed by atoms with van der Waals surface area (Å²) in [5.74, 6) is 0.0484. The van der Waals surface area contributed by atoms with Crippen molar-refractivity contribution >= 4 is 11.8 Å². The highest BCUT2D eigenvalue weighted by Gasteiger charge is 2.12. The minimum atomic E-state index is -0.481. The van der Waals surface area contributed by atoms with Crippen molar-refractivity contribution in [3.8, 4) is 5.75 Å². The number of aryl methyl sites for hydroxylation is 1. The standard InChI is InChI=1S/C27H36O4/c1-3-5-6-7-8-9-10-20-30-25-18-16-23(17-19-25)26(28)21-31-27(29)24-14-12-22(11-4-2)13-15-24/h12-19H,3-11,20-21H2,1-2H3. The van der Waals surface area contributed by atoms with Gasteiger partial charge in [0, 0.05) is 5.56 Å². The average molecular weight is 425 g/mol. The third-order valence-corrected chi connectivity index (χ3v) is 5.26. The maximum atomic E-state index is 12.3. The Morgan fingerprint density at radius 1 is 0.710 bits per heavy atom. The topological polar surface area (TPSA) is 52.6 Å². The van der Waals surface area contributed by atoms with Gasteiger partial charge in [0.2, 0.25) is 0 Å². The molecule has 0 saturated carbocycles. The summed E-state index contributed by atoms with van der Waals surface area (Å²) in [6.45, 7) is 4.76. The van der Waals surface area contributed by atoms with Gasteiger partial charge in [-0.25, -0.2) is 4.79 Å². The average Bonchev–Trinajstić information content (AvgIpc) is 2.80. The van der Waals surface area contributed by atoms with E-state index in [-0.39, 0.29) is 12.4 Å². The number of Topliss-reactive ketones (excluding diaryl/α,β-unsaturated/α-hetero) is 1. The van der Waals surface area contributed by atoms with Crippen molar-refractivity contribution in [2.24, 2.45) is 0 Å². The summed E-state index contributed by atoms with van der Waals surface area (Å²) in [5, 5.41) is 0. The zero-order chi connectivity index (χ0) is 22.3. The van der Waals surface area contributed by atoms with Crippen LogP contribution in [0.4, 0.5) is 0 Å². The molecule has 0 amide bonds. The van der Waals surface area contributed by atoms with Crippen LogP contribution in [-0.2, 0) is 11.2 Å². The van der Waals surface area contributed by atoms with E-state index >= 15 is 0 Å². The molecular weight excluding hydrogens is 388 g/mol. The van der Waals surface area contributed by atoms with Crippen LogP contribution in [0, 0.1) is 0 Å². The summed E-state index contributed by atoms with van der Waals surface area (Å²) in [5.41, 5.74) is 2.15. The molecule has 0 unspecified atom stereocenters. The Morgan fingerprint density at radius 3 is 1.97 bits per heavy atom. The van der Waals surface area contributed by atoms with Crippen molar-refractivity contribution < 1.29 is 19.1 Å². The predicted octanol–water partition coefficient (Wildman–Crippen LogP) is 6.81. The first-order valence-corrected chi connectivity index (χ1v) is 11.7. The van der Waals surface area contributed by atoms with Crippen LogP contribution in [0.1, 0.15) is 91.5 Å². The lowest BCUT2D eigenvalue weighted by atomic mass is 10.1. The molecule has 0 N–H and O–H groups in total. The molecule has 0 heterocycles. The van der Waals surface area contributed by atoms with Crippen molar-refractivity contribution in [3.63, 3.8) is 0 Å². The van der Waals surface area contributed by atoms with Gasteiger partial charge in [0.25, 0.3) is 0 Å². The minimum absolute atomic E-state index is 0.227. The Hall–Kier alpha value is -2.62. The summed E-state index contributed by atoms with van der Waals surface area (Å²) in [6, 6.07) is 14.4. The van der Waals surface area contributed by atoms with Gasteiger partial charge in [0.1, 0.15) is 5.75 Å². The number of rotatable bonds is 15. The fourth-order valence-electron chi connectivity index (χ4n) is 3.38. The Bertz CT molecular complexity index is 778. The maximum absolute atomic E-state index is 12.3. The van der Waals surface area contributed by atoms with E-state index in [4.69, 9.17) is 9.47 Å². The van der Waals surface area contributed by atoms with Gasteiger partial charge >= 0.3 is 5.97 Å². The number of hydrogen-bond donors (Lipinski definition) is 0. The maximum Gasteiger partial charge on any atom is 0.338 e. The molecule has 31 heavy (non-hydrogen) atoms. The Morgan fingerprint density at radius 2 is 1.32 bits per heavy atom. The normalized spacial score (nSPS) is 10.6. The summed E-state index contributed by atoms with van der Waals surface area (Å²) < 4.78 is 10.9. The summed E-state index contributed by atoms with van der Waals surface area (Å²) >= 11 is 0. The van der Waals surface area contributed by atoms with E-state index in [0.29, 0.717) is 17.7 Å². The first kappa shape index (κ1) is 24.6. The molecule has 2 rings (SSSR count). The molecule has 0 atom stereocenters. The fourth-order valence-corrected chi connectivity index (χ4v) is 3.38. The summed E-state index contributed by atoms with van der Waals surface area (Å²) in [4.78, 5) is 24.5. The van der Waals surface area contributed by atoms with Crippen molar-refractivity contribution in [3.05, 3.63) is 65.2 Å². The quantitative estimate of drug-likeness (QED) is 0.179. The molecule has 0 radical (unpaired) electrons. The number of carbonyl (C=O) groups is 2. The van der Waals surface area contributed by atoms with Gasteiger partial charge in [-0.2, -0.15) is 0 Å². The molecule has 0 saturated heterocycles. The van der Waals surface area contributed by atoms with Gasteiger partial charge < -0.3 is 9.47 Å². The van der Waals surface area contributed by atoms with Gasteiger partial charge in [-0.3, -0.25) is 4.79 Å².